The van der Waals surface area contributed by atoms with E-state index in [1.807, 2.05) is 0 Å². The van der Waals surface area contributed by atoms with E-state index in [2.05, 4.69) is 17.9 Å². The Morgan fingerprint density at radius 3 is 1.00 bits per heavy atom. The minimum absolute atomic E-state index is 0. The van der Waals surface area contributed by atoms with Gasteiger partial charge in [0.2, 0.25) is 0 Å². The fourth-order valence-electron chi connectivity index (χ4n) is 0. The first-order valence-corrected chi connectivity index (χ1v) is 1.32. The van der Waals surface area contributed by atoms with Crippen molar-refractivity contribution in [2.24, 2.45) is 0 Å². The van der Waals surface area contributed by atoms with Gasteiger partial charge < -0.3 is 38.7 Å². The van der Waals surface area contributed by atoms with Crippen LogP contribution in [0.4, 0.5) is 0 Å². The maximum atomic E-state index is 4.25. The molecule has 0 atom stereocenters. The molecule has 0 amide bonds. The molecule has 0 saturated heterocycles. The smallest absolute Gasteiger partial charge is 1.00 e. The normalized spacial score (nSPS) is 2.75. The maximum Gasteiger partial charge on any atom is 2.00 e. The van der Waals surface area contributed by atoms with Crippen LogP contribution in [-0.4, -0.2) is 14.2 Å². The molecule has 0 radical (unpaired) electrons. The van der Waals surface area contributed by atoms with Crippen molar-refractivity contribution >= 4 is 0 Å². The van der Waals surface area contributed by atoms with Crippen molar-refractivity contribution in [2.45, 2.75) is 0 Å². The van der Waals surface area contributed by atoms with Crippen LogP contribution >= 0.6 is 0 Å². The number of methoxy groups -OCH3 is 1. The summed E-state index contributed by atoms with van der Waals surface area (Å²) in [5.74, 6) is 0. The van der Waals surface area contributed by atoms with Crippen LogP contribution in [0.25, 0.3) is 0 Å². The largest absolute Gasteiger partial charge is 2.00 e. The van der Waals surface area contributed by atoms with Gasteiger partial charge in [-0.2, -0.15) is 0 Å². The number of hydrogen-bond donors (Lipinski definition) is 0. The molecule has 8 heavy (non-hydrogen) atoms. The van der Waals surface area contributed by atoms with Gasteiger partial charge in [-0.05, 0) is 0 Å². The predicted molar refractivity (Wildman–Crippen MR) is 24.2 cm³/mol. The van der Waals surface area contributed by atoms with E-state index in [9.17, 15) is 0 Å². The molecule has 0 rings (SSSR count). The Morgan fingerprint density at radius 2 is 1.00 bits per heavy atom. The summed E-state index contributed by atoms with van der Waals surface area (Å²) >= 11 is 0. The third-order valence-electron chi connectivity index (χ3n) is 0. The molecule has 0 aromatic carbocycles. The van der Waals surface area contributed by atoms with Crippen LogP contribution in [0.5, 0.6) is 0 Å². The first-order chi connectivity index (χ1) is 2.41. The second-order valence-electron chi connectivity index (χ2n) is 0.408. The van der Waals surface area contributed by atoms with Gasteiger partial charge in [-0.15, -0.1) is 13.2 Å². The van der Waals surface area contributed by atoms with Gasteiger partial charge in [-0.25, -0.2) is 0 Å². The first-order valence-electron chi connectivity index (χ1n) is 1.32. The van der Waals surface area contributed by atoms with Crippen LogP contribution in [0.1, 0.15) is 0 Å². The number of halogens is 2. The summed E-state index contributed by atoms with van der Waals surface area (Å²) in [5, 5.41) is 0. The second kappa shape index (κ2) is 90.0. The molecular formula is C4H10Br2NiO. The molecule has 0 spiro atoms. The van der Waals surface area contributed by atoms with E-state index in [1.54, 1.807) is 14.2 Å². The van der Waals surface area contributed by atoms with Crippen molar-refractivity contribution in [1.29, 1.82) is 0 Å². The molecule has 0 unspecified atom stereocenters. The molecule has 0 aromatic rings. The summed E-state index contributed by atoms with van der Waals surface area (Å²) < 4.78 is 4.25. The maximum absolute atomic E-state index is 4.25. The van der Waals surface area contributed by atoms with Gasteiger partial charge in [0.1, 0.15) is 0 Å². The van der Waals surface area contributed by atoms with Crippen molar-refractivity contribution in [2.75, 3.05) is 14.2 Å². The van der Waals surface area contributed by atoms with E-state index in [1.165, 1.54) is 0 Å². The topological polar surface area (TPSA) is 9.23 Å². The molecule has 0 aliphatic heterocycles. The Kier molecular flexibility index (Phi) is 397. The van der Waals surface area contributed by atoms with Crippen molar-refractivity contribution in [3.05, 3.63) is 13.2 Å². The average Bonchev–Trinajstić information content (AvgIpc) is 1.46. The van der Waals surface area contributed by atoms with Gasteiger partial charge in [0.15, 0.2) is 0 Å². The Bertz CT molecular complexity index is 18.0. The molecule has 0 aromatic heterocycles. The van der Waals surface area contributed by atoms with E-state index in [-0.39, 0.29) is 50.5 Å². The van der Waals surface area contributed by atoms with Gasteiger partial charge in [0.05, 0.1) is 0 Å². The van der Waals surface area contributed by atoms with Crippen LogP contribution in [0.15, 0.2) is 13.2 Å². The molecular weight excluding hydrogens is 283 g/mol. The van der Waals surface area contributed by atoms with E-state index in [0.717, 1.165) is 0 Å². The van der Waals surface area contributed by atoms with Crippen LogP contribution < -0.4 is 34.0 Å². The molecule has 0 fully saturated rings. The number of rotatable bonds is 0. The van der Waals surface area contributed by atoms with Gasteiger partial charge >= 0.3 is 16.5 Å². The molecule has 56 valence electrons. The third-order valence-corrected chi connectivity index (χ3v) is 0. The van der Waals surface area contributed by atoms with Crippen LogP contribution in [0.2, 0.25) is 0 Å². The second-order valence-corrected chi connectivity index (χ2v) is 0.408. The van der Waals surface area contributed by atoms with Gasteiger partial charge in [-0.1, -0.05) is 0 Å². The van der Waals surface area contributed by atoms with Crippen molar-refractivity contribution in [1.82, 2.24) is 0 Å². The molecule has 0 saturated carbocycles. The van der Waals surface area contributed by atoms with E-state index >= 15 is 0 Å². The zero-order valence-corrected chi connectivity index (χ0v) is 9.05. The molecule has 0 aliphatic carbocycles. The Labute approximate surface area is 82.3 Å². The first kappa shape index (κ1) is 35.3. The Hall–Kier alpha value is 1.15. The van der Waals surface area contributed by atoms with E-state index in [0.29, 0.717) is 0 Å². The monoisotopic (exact) mass is 290 g/mol. The molecule has 0 aliphatic rings. The molecule has 1 nitrogen and oxygen atoms in total. The summed E-state index contributed by atoms with van der Waals surface area (Å²) in [6.45, 7) is 6.00. The molecule has 4 heteroatoms. The molecule has 0 bridgehead atoms. The zero-order valence-electron chi connectivity index (χ0n) is 4.89. The van der Waals surface area contributed by atoms with Gasteiger partial charge in [0, 0.05) is 14.2 Å². The fraction of sp³-hybridized carbons (Fsp3) is 0.500. The zero-order chi connectivity index (χ0) is 4.71. The third kappa shape index (κ3) is 204. The number of hydrogen-bond acceptors (Lipinski definition) is 1. The standard InChI is InChI=1S/C2H6O.C2H4.2BrH.Ni/c1-3-2;1-2;;;/h1-2H3;1-2H2;2*1H;/q;;;;+2/p-2. The van der Waals surface area contributed by atoms with Crippen molar-refractivity contribution in [3.63, 3.8) is 0 Å². The summed E-state index contributed by atoms with van der Waals surface area (Å²) in [6, 6.07) is 0. The van der Waals surface area contributed by atoms with Crippen LogP contribution in [-0.2, 0) is 21.2 Å². The fourth-order valence-corrected chi connectivity index (χ4v) is 0. The Morgan fingerprint density at radius 1 is 1.00 bits per heavy atom. The predicted octanol–water partition coefficient (Wildman–Crippen LogP) is -4.93. The van der Waals surface area contributed by atoms with E-state index < -0.39 is 0 Å². The SMILES string of the molecule is C=C.COC.[Br-].[Br-].[Ni+2]. The minimum atomic E-state index is 0. The van der Waals surface area contributed by atoms with Crippen LogP contribution in [0, 0.1) is 0 Å². The van der Waals surface area contributed by atoms with Crippen molar-refractivity contribution < 1.29 is 55.2 Å². The molecule has 0 heterocycles. The quantitative estimate of drug-likeness (QED) is 0.321. The Balaban J connectivity index is -0.00000000567. The summed E-state index contributed by atoms with van der Waals surface area (Å²) in [5.41, 5.74) is 0. The minimum Gasteiger partial charge on any atom is -1.00 e. The van der Waals surface area contributed by atoms with Gasteiger partial charge in [0.25, 0.3) is 0 Å². The van der Waals surface area contributed by atoms with E-state index in [4.69, 9.17) is 0 Å². The summed E-state index contributed by atoms with van der Waals surface area (Å²) in [7, 11) is 3.25. The van der Waals surface area contributed by atoms with Crippen LogP contribution in [0.3, 0.4) is 0 Å². The number of ether oxygens (including phenoxy) is 1. The summed E-state index contributed by atoms with van der Waals surface area (Å²) in [6.07, 6.45) is 0. The molecule has 0 N–H and O–H groups in total. The van der Waals surface area contributed by atoms with Gasteiger partial charge in [-0.3, -0.25) is 0 Å². The summed E-state index contributed by atoms with van der Waals surface area (Å²) in [4.78, 5) is 0. The average molecular weight is 293 g/mol. The van der Waals surface area contributed by atoms with Crippen molar-refractivity contribution in [3.8, 4) is 0 Å².